The van der Waals surface area contributed by atoms with Crippen LogP contribution >= 0.6 is 0 Å². The Morgan fingerprint density at radius 3 is 2.78 bits per heavy atom. The van der Waals surface area contributed by atoms with E-state index in [2.05, 4.69) is 27.6 Å². The summed E-state index contributed by atoms with van der Waals surface area (Å²) in [7, 11) is 0. The van der Waals surface area contributed by atoms with E-state index < -0.39 is 0 Å². The summed E-state index contributed by atoms with van der Waals surface area (Å²) in [5, 5.41) is 7.43. The number of pyridine rings is 1. The van der Waals surface area contributed by atoms with Gasteiger partial charge < -0.3 is 9.84 Å². The van der Waals surface area contributed by atoms with Crippen molar-refractivity contribution in [3.8, 4) is 11.1 Å². The lowest BCUT2D eigenvalue weighted by molar-refractivity contribution is 0.393. The Bertz CT molecular complexity index is 519. The van der Waals surface area contributed by atoms with Crippen molar-refractivity contribution < 1.29 is 4.52 Å². The number of hydrogen-bond donors (Lipinski definition) is 1. The number of aromatic nitrogens is 2. The van der Waals surface area contributed by atoms with Crippen molar-refractivity contribution in [3.63, 3.8) is 0 Å². The zero-order valence-corrected chi connectivity index (χ0v) is 10.7. The Labute approximate surface area is 106 Å². The highest BCUT2D eigenvalue weighted by atomic mass is 16.5. The Hall–Kier alpha value is -1.68. The van der Waals surface area contributed by atoms with Gasteiger partial charge in [-0.15, -0.1) is 0 Å². The first-order valence-corrected chi connectivity index (χ1v) is 6.38. The van der Waals surface area contributed by atoms with Crippen LogP contribution in [0.3, 0.4) is 0 Å². The molecule has 0 amide bonds. The second-order valence-electron chi connectivity index (χ2n) is 4.82. The van der Waals surface area contributed by atoms with E-state index in [9.17, 15) is 0 Å². The normalized spacial score (nSPS) is 19.3. The topological polar surface area (TPSA) is 51.0 Å². The first kappa shape index (κ1) is 11.4. The molecule has 3 rings (SSSR count). The third-order valence-corrected chi connectivity index (χ3v) is 3.53. The summed E-state index contributed by atoms with van der Waals surface area (Å²) in [4.78, 5) is 4.57. The molecule has 0 saturated carbocycles. The molecule has 1 unspecified atom stereocenters. The molecule has 0 bridgehead atoms. The lowest BCUT2D eigenvalue weighted by atomic mass is 10.0. The Morgan fingerprint density at radius 2 is 2.22 bits per heavy atom. The summed E-state index contributed by atoms with van der Waals surface area (Å²) >= 11 is 0. The van der Waals surface area contributed by atoms with Gasteiger partial charge in [0.2, 0.25) is 0 Å². The van der Waals surface area contributed by atoms with Gasteiger partial charge in [0, 0.05) is 23.4 Å². The molecule has 1 fully saturated rings. The van der Waals surface area contributed by atoms with Gasteiger partial charge in [-0.3, -0.25) is 4.98 Å². The first-order chi connectivity index (χ1) is 8.75. The summed E-state index contributed by atoms with van der Waals surface area (Å²) in [5.41, 5.74) is 4.19. The SMILES string of the molecule is Cc1noc(C)c1-c1ccc(C2CCCN2)nc1. The molecule has 1 atom stereocenters. The van der Waals surface area contributed by atoms with E-state index in [1.54, 1.807) is 0 Å². The molecule has 1 N–H and O–H groups in total. The smallest absolute Gasteiger partial charge is 0.141 e. The quantitative estimate of drug-likeness (QED) is 0.881. The minimum absolute atomic E-state index is 0.420. The Kier molecular flexibility index (Phi) is 2.88. The van der Waals surface area contributed by atoms with Crippen molar-refractivity contribution in [2.75, 3.05) is 6.54 Å². The predicted molar refractivity (Wildman–Crippen MR) is 69.2 cm³/mol. The van der Waals surface area contributed by atoms with E-state index >= 15 is 0 Å². The highest BCUT2D eigenvalue weighted by Crippen LogP contribution is 2.28. The van der Waals surface area contributed by atoms with E-state index in [0.29, 0.717) is 6.04 Å². The molecule has 18 heavy (non-hydrogen) atoms. The van der Waals surface area contributed by atoms with Crippen molar-refractivity contribution in [1.82, 2.24) is 15.5 Å². The molecular weight excluding hydrogens is 226 g/mol. The largest absolute Gasteiger partial charge is 0.361 e. The van der Waals surface area contributed by atoms with Gasteiger partial charge in [-0.25, -0.2) is 0 Å². The number of aryl methyl sites for hydroxylation is 2. The van der Waals surface area contributed by atoms with Gasteiger partial charge in [0.25, 0.3) is 0 Å². The van der Waals surface area contributed by atoms with Crippen LogP contribution in [0.2, 0.25) is 0 Å². The summed E-state index contributed by atoms with van der Waals surface area (Å²) in [5.74, 6) is 0.848. The van der Waals surface area contributed by atoms with E-state index in [1.807, 2.05) is 20.0 Å². The summed E-state index contributed by atoms with van der Waals surface area (Å²) < 4.78 is 5.19. The van der Waals surface area contributed by atoms with E-state index in [4.69, 9.17) is 4.52 Å². The third-order valence-electron chi connectivity index (χ3n) is 3.53. The van der Waals surface area contributed by atoms with Crippen molar-refractivity contribution in [3.05, 3.63) is 35.5 Å². The van der Waals surface area contributed by atoms with Gasteiger partial charge in [0.15, 0.2) is 0 Å². The second kappa shape index (κ2) is 4.53. The number of nitrogens with zero attached hydrogens (tertiary/aromatic N) is 2. The van der Waals surface area contributed by atoms with E-state index in [-0.39, 0.29) is 0 Å². The summed E-state index contributed by atoms with van der Waals surface area (Å²) in [6.45, 7) is 4.98. The summed E-state index contributed by atoms with van der Waals surface area (Å²) in [6, 6.07) is 4.63. The Balaban J connectivity index is 1.91. The van der Waals surface area contributed by atoms with Crippen LogP contribution in [0.5, 0.6) is 0 Å². The predicted octanol–water partition coefficient (Wildman–Crippen LogP) is 2.78. The highest BCUT2D eigenvalue weighted by Gasteiger charge is 2.18. The van der Waals surface area contributed by atoms with Crippen LogP contribution < -0.4 is 5.32 Å². The molecule has 1 aliphatic rings. The van der Waals surface area contributed by atoms with Gasteiger partial charge >= 0.3 is 0 Å². The lowest BCUT2D eigenvalue weighted by Crippen LogP contribution is -2.13. The van der Waals surface area contributed by atoms with Crippen LogP contribution in [-0.4, -0.2) is 16.7 Å². The fraction of sp³-hybridized carbons (Fsp3) is 0.429. The fourth-order valence-electron chi connectivity index (χ4n) is 2.59. The monoisotopic (exact) mass is 243 g/mol. The molecular formula is C14H17N3O. The van der Waals surface area contributed by atoms with Crippen molar-refractivity contribution in [1.29, 1.82) is 0 Å². The van der Waals surface area contributed by atoms with E-state index in [1.165, 1.54) is 12.8 Å². The summed E-state index contributed by atoms with van der Waals surface area (Å²) in [6.07, 6.45) is 4.33. The minimum atomic E-state index is 0.420. The average molecular weight is 243 g/mol. The van der Waals surface area contributed by atoms with E-state index in [0.717, 1.165) is 34.8 Å². The molecule has 0 radical (unpaired) electrons. The van der Waals surface area contributed by atoms with Crippen LogP contribution in [0.4, 0.5) is 0 Å². The van der Waals surface area contributed by atoms with Crippen LogP contribution in [0.25, 0.3) is 11.1 Å². The van der Waals surface area contributed by atoms with Gasteiger partial charge in [-0.1, -0.05) is 11.2 Å². The second-order valence-corrected chi connectivity index (χ2v) is 4.82. The van der Waals surface area contributed by atoms with Crippen molar-refractivity contribution >= 4 is 0 Å². The van der Waals surface area contributed by atoms with Gasteiger partial charge in [0.1, 0.15) is 5.76 Å². The molecule has 3 heterocycles. The van der Waals surface area contributed by atoms with Crippen LogP contribution in [0.1, 0.15) is 36.0 Å². The standard InChI is InChI=1S/C14H17N3O/c1-9-14(10(2)18-17-9)11-5-6-13(16-8-11)12-4-3-7-15-12/h5-6,8,12,15H,3-4,7H2,1-2H3. The van der Waals surface area contributed by atoms with Crippen molar-refractivity contribution in [2.24, 2.45) is 0 Å². The van der Waals surface area contributed by atoms with Gasteiger partial charge in [-0.2, -0.15) is 0 Å². The molecule has 2 aromatic rings. The molecule has 2 aromatic heterocycles. The molecule has 0 aromatic carbocycles. The molecule has 94 valence electrons. The lowest BCUT2D eigenvalue weighted by Gasteiger charge is -2.09. The van der Waals surface area contributed by atoms with Crippen LogP contribution in [0, 0.1) is 13.8 Å². The number of hydrogen-bond acceptors (Lipinski definition) is 4. The molecule has 4 nitrogen and oxygen atoms in total. The maximum Gasteiger partial charge on any atom is 0.141 e. The Morgan fingerprint density at radius 1 is 1.33 bits per heavy atom. The highest BCUT2D eigenvalue weighted by molar-refractivity contribution is 5.66. The zero-order valence-electron chi connectivity index (χ0n) is 10.7. The average Bonchev–Trinajstić information content (AvgIpc) is 3.01. The van der Waals surface area contributed by atoms with Crippen LogP contribution in [0.15, 0.2) is 22.9 Å². The molecule has 1 saturated heterocycles. The molecule has 1 aliphatic heterocycles. The first-order valence-electron chi connectivity index (χ1n) is 6.38. The maximum absolute atomic E-state index is 5.19. The maximum atomic E-state index is 5.19. The van der Waals surface area contributed by atoms with Gasteiger partial charge in [-0.05, 0) is 39.3 Å². The third kappa shape index (κ3) is 1.93. The zero-order chi connectivity index (χ0) is 12.5. The molecule has 0 aliphatic carbocycles. The minimum Gasteiger partial charge on any atom is -0.361 e. The van der Waals surface area contributed by atoms with Crippen molar-refractivity contribution in [2.45, 2.75) is 32.7 Å². The van der Waals surface area contributed by atoms with Crippen LogP contribution in [-0.2, 0) is 0 Å². The molecule has 0 spiro atoms. The number of nitrogens with one attached hydrogen (secondary N) is 1. The van der Waals surface area contributed by atoms with Gasteiger partial charge in [0.05, 0.1) is 11.4 Å². The fourth-order valence-corrected chi connectivity index (χ4v) is 2.59. The number of rotatable bonds is 2. The molecule has 4 heteroatoms.